The van der Waals surface area contributed by atoms with Crippen LogP contribution in [0.4, 0.5) is 23.1 Å². The van der Waals surface area contributed by atoms with Crippen molar-refractivity contribution in [2.24, 2.45) is 0 Å². The number of carbonyl (C=O) groups is 1. The minimum atomic E-state index is -4.46. The molecule has 1 aromatic carbocycles. The van der Waals surface area contributed by atoms with Crippen LogP contribution in [-0.2, 0) is 10.9 Å². The van der Waals surface area contributed by atoms with E-state index in [-0.39, 0.29) is 6.09 Å². The number of piperazine rings is 1. The smallest absolute Gasteiger partial charge is 0.416 e. The minimum Gasteiger partial charge on any atom is -0.444 e. The Balaban J connectivity index is 1.66. The van der Waals surface area contributed by atoms with Crippen molar-refractivity contribution in [3.8, 4) is 21.8 Å². The van der Waals surface area contributed by atoms with Crippen LogP contribution in [0.15, 0.2) is 41.7 Å². The molecule has 0 spiro atoms. The van der Waals surface area contributed by atoms with Crippen molar-refractivity contribution in [3.63, 3.8) is 0 Å². The van der Waals surface area contributed by atoms with E-state index in [1.165, 1.54) is 29.2 Å². The maximum atomic E-state index is 13.4. The van der Waals surface area contributed by atoms with Crippen molar-refractivity contribution in [1.82, 2.24) is 19.9 Å². The Morgan fingerprint density at radius 2 is 1.81 bits per heavy atom. The molecule has 12 heteroatoms. The molecule has 4 rings (SSSR count). The highest BCUT2D eigenvalue weighted by atomic mass is 32.2. The van der Waals surface area contributed by atoms with Crippen LogP contribution in [0, 0.1) is 0 Å². The number of aromatic nitrogens is 3. The molecule has 0 bridgehead atoms. The average molecular weight is 538 g/mol. The predicted molar refractivity (Wildman–Crippen MR) is 135 cm³/mol. The van der Waals surface area contributed by atoms with Gasteiger partial charge in [0, 0.05) is 37.9 Å². The van der Waals surface area contributed by atoms with E-state index in [0.717, 1.165) is 12.1 Å². The first kappa shape index (κ1) is 26.2. The maximum Gasteiger partial charge on any atom is 0.416 e. The molecular weight excluding hydrogens is 511 g/mol. The molecule has 0 radical (unpaired) electrons. The highest BCUT2D eigenvalue weighted by Crippen LogP contribution is 2.41. The van der Waals surface area contributed by atoms with Gasteiger partial charge in [0.1, 0.15) is 5.60 Å². The van der Waals surface area contributed by atoms with Crippen molar-refractivity contribution in [3.05, 3.63) is 42.1 Å². The molecule has 0 N–H and O–H groups in total. The first-order chi connectivity index (χ1) is 16.9. The summed E-state index contributed by atoms with van der Waals surface area (Å²) in [6, 6.07) is 6.89. The number of thiazole rings is 1. The zero-order valence-corrected chi connectivity index (χ0v) is 21.9. The summed E-state index contributed by atoms with van der Waals surface area (Å²) in [4.78, 5) is 30.3. The quantitative estimate of drug-likeness (QED) is 0.296. The molecule has 1 fully saturated rings. The van der Waals surface area contributed by atoms with E-state index in [0.29, 0.717) is 58.3 Å². The largest absolute Gasteiger partial charge is 0.444 e. The van der Waals surface area contributed by atoms with E-state index in [2.05, 4.69) is 9.97 Å². The van der Waals surface area contributed by atoms with Gasteiger partial charge in [0.2, 0.25) is 0 Å². The van der Waals surface area contributed by atoms with E-state index >= 15 is 0 Å². The van der Waals surface area contributed by atoms with Crippen LogP contribution in [0.2, 0.25) is 0 Å². The third-order valence-electron chi connectivity index (χ3n) is 5.33. The Morgan fingerprint density at radius 3 is 2.44 bits per heavy atom. The molecule has 0 unspecified atom stereocenters. The van der Waals surface area contributed by atoms with Crippen molar-refractivity contribution < 1.29 is 22.7 Å². The summed E-state index contributed by atoms with van der Waals surface area (Å²) in [5.41, 5.74) is 0.0724. The van der Waals surface area contributed by atoms with Gasteiger partial charge in [0.05, 0.1) is 21.8 Å². The summed E-state index contributed by atoms with van der Waals surface area (Å²) >= 11 is 2.75. The molecule has 36 heavy (non-hydrogen) atoms. The Hall–Kier alpha value is -2.86. The molecule has 0 atom stereocenters. The normalized spacial score (nSPS) is 14.8. The van der Waals surface area contributed by atoms with Crippen molar-refractivity contribution >= 4 is 34.3 Å². The molecule has 1 amide bonds. The van der Waals surface area contributed by atoms with E-state index < -0.39 is 17.3 Å². The first-order valence-electron chi connectivity index (χ1n) is 11.2. The fourth-order valence-electron chi connectivity index (χ4n) is 3.63. The lowest BCUT2D eigenvalue weighted by Crippen LogP contribution is -2.50. The van der Waals surface area contributed by atoms with Crippen LogP contribution in [0.3, 0.4) is 0 Å². The Kier molecular flexibility index (Phi) is 7.46. The van der Waals surface area contributed by atoms with E-state index in [1.54, 1.807) is 23.2 Å². The second-order valence-corrected chi connectivity index (χ2v) is 10.9. The third-order valence-corrected chi connectivity index (χ3v) is 7.03. The van der Waals surface area contributed by atoms with Crippen LogP contribution in [0.1, 0.15) is 26.3 Å². The van der Waals surface area contributed by atoms with Gasteiger partial charge >= 0.3 is 12.3 Å². The lowest BCUT2D eigenvalue weighted by atomic mass is 10.1. The van der Waals surface area contributed by atoms with Crippen LogP contribution in [0.5, 0.6) is 0 Å². The first-order valence-corrected chi connectivity index (χ1v) is 13.3. The molecule has 7 nitrogen and oxygen atoms in total. The van der Waals surface area contributed by atoms with Gasteiger partial charge in [0.15, 0.2) is 10.3 Å². The number of hydrogen-bond acceptors (Lipinski definition) is 8. The van der Waals surface area contributed by atoms with Crippen LogP contribution >= 0.6 is 23.1 Å². The summed E-state index contributed by atoms with van der Waals surface area (Å²) < 4.78 is 45.7. The lowest BCUT2D eigenvalue weighted by molar-refractivity contribution is -0.137. The summed E-state index contributed by atoms with van der Waals surface area (Å²) in [5.74, 6) is 0. The molecule has 2 aromatic heterocycles. The lowest BCUT2D eigenvalue weighted by Gasteiger charge is -2.35. The van der Waals surface area contributed by atoms with Crippen molar-refractivity contribution in [2.45, 2.75) is 37.7 Å². The molecule has 0 saturated carbocycles. The number of anilines is 1. The number of nitrogens with zero attached hydrogens (tertiary/aromatic N) is 5. The van der Waals surface area contributed by atoms with E-state index in [9.17, 15) is 18.0 Å². The van der Waals surface area contributed by atoms with Gasteiger partial charge < -0.3 is 14.5 Å². The van der Waals surface area contributed by atoms with Crippen LogP contribution < -0.4 is 4.90 Å². The number of amides is 1. The van der Waals surface area contributed by atoms with E-state index in [4.69, 9.17) is 9.72 Å². The Morgan fingerprint density at radius 1 is 1.08 bits per heavy atom. The number of thioether (sulfide) groups is 1. The van der Waals surface area contributed by atoms with Crippen molar-refractivity contribution in [1.29, 1.82) is 0 Å². The summed E-state index contributed by atoms with van der Waals surface area (Å²) in [6.07, 6.45) is -1.34. The monoisotopic (exact) mass is 537 g/mol. The summed E-state index contributed by atoms with van der Waals surface area (Å²) in [5, 5.41) is 1.22. The summed E-state index contributed by atoms with van der Waals surface area (Å²) in [7, 11) is 0. The molecule has 3 aromatic rings. The van der Waals surface area contributed by atoms with Gasteiger partial charge in [-0.3, -0.25) is 0 Å². The number of carbonyl (C=O) groups excluding carboxylic acids is 1. The average Bonchev–Trinajstić information content (AvgIpc) is 3.28. The molecule has 0 aliphatic carbocycles. The van der Waals surface area contributed by atoms with Gasteiger partial charge in [-0.05, 0) is 45.2 Å². The van der Waals surface area contributed by atoms with Gasteiger partial charge in [-0.25, -0.2) is 19.7 Å². The molecule has 3 heterocycles. The van der Waals surface area contributed by atoms with Crippen molar-refractivity contribution in [2.75, 3.05) is 37.3 Å². The highest BCUT2D eigenvalue weighted by Gasteiger charge is 2.32. The second kappa shape index (κ2) is 10.3. The highest BCUT2D eigenvalue weighted by molar-refractivity contribution is 7.98. The fourth-order valence-corrected chi connectivity index (χ4v) is 5.09. The number of benzene rings is 1. The minimum absolute atomic E-state index is 0.360. The molecule has 192 valence electrons. The van der Waals surface area contributed by atoms with Crippen LogP contribution in [0.25, 0.3) is 21.8 Å². The maximum absolute atomic E-state index is 13.4. The summed E-state index contributed by atoms with van der Waals surface area (Å²) in [6.45, 7) is 7.41. The number of alkyl halides is 3. The molecule has 1 aliphatic rings. The third kappa shape index (κ3) is 6.09. The van der Waals surface area contributed by atoms with Gasteiger partial charge in [-0.15, -0.1) is 0 Å². The number of halogens is 3. The van der Waals surface area contributed by atoms with Crippen LogP contribution in [-0.4, -0.2) is 64.0 Å². The molecular formula is C24H26F3N5O2S2. The predicted octanol–water partition coefficient (Wildman–Crippen LogP) is 6.06. The van der Waals surface area contributed by atoms with Gasteiger partial charge in [-0.1, -0.05) is 35.2 Å². The Labute approximate surface area is 215 Å². The standard InChI is InChI=1S/C24H26F3N5O2S2/c1-23(2,3)34-22(33)32-12-10-31(11-13-32)21-30-18(15-6-5-7-16(14-15)24(25,26)27)19(36-21)17-8-9-28-20(29-17)35-4/h5-9,14H,10-13H2,1-4H3. The zero-order valence-electron chi connectivity index (χ0n) is 20.3. The topological polar surface area (TPSA) is 71.5 Å². The van der Waals surface area contributed by atoms with E-state index in [1.807, 2.05) is 31.9 Å². The number of ether oxygens (including phenoxy) is 1. The zero-order chi connectivity index (χ0) is 26.1. The molecule has 1 saturated heterocycles. The second-order valence-electron chi connectivity index (χ2n) is 9.14. The fraction of sp³-hybridized carbons (Fsp3) is 0.417. The SMILES string of the molecule is CSc1nccc(-c2sc(N3CCN(C(=O)OC(C)(C)C)CC3)nc2-c2cccc(C(F)(F)F)c2)n1. The van der Waals surface area contributed by atoms with Gasteiger partial charge in [0.25, 0.3) is 0 Å². The Bertz CT molecular complexity index is 1230. The number of rotatable bonds is 4. The number of hydrogen-bond donors (Lipinski definition) is 0. The molecule has 1 aliphatic heterocycles. The van der Waals surface area contributed by atoms with Gasteiger partial charge in [-0.2, -0.15) is 13.2 Å².